The van der Waals surface area contributed by atoms with E-state index in [1.165, 1.54) is 12.3 Å². The fourth-order valence-corrected chi connectivity index (χ4v) is 2.81. The van der Waals surface area contributed by atoms with Crippen molar-refractivity contribution in [1.82, 2.24) is 20.5 Å². The molecule has 1 saturated carbocycles. The van der Waals surface area contributed by atoms with Crippen molar-refractivity contribution >= 4 is 12.0 Å². The average molecular weight is 372 g/mol. The van der Waals surface area contributed by atoms with Crippen LogP contribution >= 0.6 is 0 Å². The lowest BCUT2D eigenvalue weighted by Gasteiger charge is -2.42. The predicted molar refractivity (Wildman–Crippen MR) is 87.9 cm³/mol. The molecule has 1 heterocycles. The Morgan fingerprint density at radius 3 is 2.81 bits per heavy atom. The van der Waals surface area contributed by atoms with Crippen molar-refractivity contribution in [2.24, 2.45) is 0 Å². The molecule has 1 aromatic heterocycles. The quantitative estimate of drug-likeness (QED) is 0.606. The summed E-state index contributed by atoms with van der Waals surface area (Å²) in [7, 11) is 0. The van der Waals surface area contributed by atoms with Gasteiger partial charge in [-0.25, -0.2) is 9.78 Å². The van der Waals surface area contributed by atoms with Crippen LogP contribution in [-0.4, -0.2) is 58.8 Å². The van der Waals surface area contributed by atoms with Crippen LogP contribution in [0.3, 0.4) is 0 Å². The van der Waals surface area contributed by atoms with E-state index >= 15 is 0 Å². The molecule has 2 rings (SSSR count). The molecule has 144 valence electrons. The maximum absolute atomic E-state index is 12.2. The minimum atomic E-state index is -2.95. The predicted octanol–water partition coefficient (Wildman–Crippen LogP) is 1.42. The average Bonchev–Trinajstić information content (AvgIpc) is 2.53. The summed E-state index contributed by atoms with van der Waals surface area (Å²) in [4.78, 5) is 28.2. The molecule has 0 bridgehead atoms. The third-order valence-corrected chi connectivity index (χ3v) is 4.17. The second kappa shape index (κ2) is 9.27. The van der Waals surface area contributed by atoms with Crippen molar-refractivity contribution in [3.05, 3.63) is 23.9 Å². The van der Waals surface area contributed by atoms with Crippen LogP contribution in [0.2, 0.25) is 0 Å². The number of nitrogens with zero attached hydrogens (tertiary/aromatic N) is 2. The molecule has 0 aliphatic heterocycles. The van der Waals surface area contributed by atoms with Gasteiger partial charge in [0.15, 0.2) is 0 Å². The summed E-state index contributed by atoms with van der Waals surface area (Å²) >= 11 is 0. The number of hydrogen-bond donors (Lipinski definition) is 3. The van der Waals surface area contributed by atoms with Crippen molar-refractivity contribution in [3.8, 4) is 5.88 Å². The van der Waals surface area contributed by atoms with E-state index in [0.29, 0.717) is 24.9 Å². The Kier molecular flexibility index (Phi) is 7.07. The van der Waals surface area contributed by atoms with Gasteiger partial charge in [0.05, 0.1) is 6.54 Å². The fraction of sp³-hybridized carbons (Fsp3) is 0.562. The smallest absolute Gasteiger partial charge is 0.388 e. The van der Waals surface area contributed by atoms with E-state index in [4.69, 9.17) is 5.11 Å². The molecule has 1 fully saturated rings. The van der Waals surface area contributed by atoms with Crippen LogP contribution in [0.5, 0.6) is 5.88 Å². The maximum atomic E-state index is 12.2. The zero-order chi connectivity index (χ0) is 19.1. The van der Waals surface area contributed by atoms with E-state index in [-0.39, 0.29) is 37.1 Å². The summed E-state index contributed by atoms with van der Waals surface area (Å²) < 4.78 is 28.5. The molecule has 8 nitrogen and oxygen atoms in total. The summed E-state index contributed by atoms with van der Waals surface area (Å²) in [6.07, 6.45) is 2.71. The lowest BCUT2D eigenvalue weighted by molar-refractivity contribution is -0.139. The van der Waals surface area contributed by atoms with E-state index in [2.05, 4.69) is 20.4 Å². The molecular weight excluding hydrogens is 350 g/mol. The van der Waals surface area contributed by atoms with E-state index in [0.717, 1.165) is 0 Å². The van der Waals surface area contributed by atoms with Crippen LogP contribution in [-0.2, 0) is 11.3 Å². The second-order valence-electron chi connectivity index (χ2n) is 5.99. The van der Waals surface area contributed by atoms with Crippen molar-refractivity contribution < 1.29 is 28.2 Å². The number of pyridine rings is 1. The molecule has 10 heteroatoms. The number of carbonyl (C=O) groups is 2. The highest BCUT2D eigenvalue weighted by Crippen LogP contribution is 2.25. The van der Waals surface area contributed by atoms with Gasteiger partial charge in [-0.15, -0.1) is 0 Å². The van der Waals surface area contributed by atoms with Crippen LogP contribution in [0, 0.1) is 0 Å². The first-order chi connectivity index (χ1) is 12.4. The number of likely N-dealkylation sites (N-methyl/N-ethyl adjacent to an activating group) is 1. The highest BCUT2D eigenvalue weighted by atomic mass is 19.3. The topological polar surface area (TPSA) is 104 Å². The minimum absolute atomic E-state index is 0.00878. The Bertz CT molecular complexity index is 626. The Labute approximate surface area is 149 Å². The maximum Gasteiger partial charge on any atom is 0.388 e. The Hall–Kier alpha value is -2.49. The van der Waals surface area contributed by atoms with Gasteiger partial charge in [0.1, 0.15) is 0 Å². The highest BCUT2D eigenvalue weighted by molar-refractivity contribution is 5.74. The number of rotatable bonds is 9. The second-order valence-corrected chi connectivity index (χ2v) is 5.99. The summed E-state index contributed by atoms with van der Waals surface area (Å²) in [6, 6.07) is 2.68. The SMILES string of the molecule is CCN(CC(=O)O)C1CC(NC(=O)NCc2ccnc(OC(F)F)c2)C1. The van der Waals surface area contributed by atoms with Gasteiger partial charge >= 0.3 is 18.6 Å². The molecule has 0 saturated heterocycles. The number of halogens is 2. The molecule has 0 unspecified atom stereocenters. The standard InChI is InChI=1S/C16H22F2N4O4/c1-2-22(9-14(23)24)12-6-11(7-12)21-16(25)20-8-10-3-4-19-13(5-10)26-15(17)18/h3-5,11-12,15H,2,6-9H2,1H3,(H,23,24)(H2,20,21,25). The molecule has 0 radical (unpaired) electrons. The highest BCUT2D eigenvalue weighted by Gasteiger charge is 2.34. The number of amides is 2. The number of nitrogens with one attached hydrogen (secondary N) is 2. The van der Waals surface area contributed by atoms with Gasteiger partial charge in [-0.2, -0.15) is 8.78 Å². The first-order valence-corrected chi connectivity index (χ1v) is 8.27. The monoisotopic (exact) mass is 372 g/mol. The van der Waals surface area contributed by atoms with Gasteiger partial charge in [0, 0.05) is 30.9 Å². The van der Waals surface area contributed by atoms with Crippen molar-refractivity contribution in [2.45, 2.75) is 45.0 Å². The van der Waals surface area contributed by atoms with Crippen molar-refractivity contribution in [1.29, 1.82) is 0 Å². The van der Waals surface area contributed by atoms with Gasteiger partial charge in [-0.05, 0) is 31.0 Å². The van der Waals surface area contributed by atoms with Gasteiger partial charge in [0.2, 0.25) is 5.88 Å². The Balaban J connectivity index is 1.71. The number of carboxylic acid groups (broad SMARTS) is 1. The van der Waals surface area contributed by atoms with Gasteiger partial charge < -0.3 is 20.5 Å². The van der Waals surface area contributed by atoms with Gasteiger partial charge in [-0.1, -0.05) is 6.92 Å². The van der Waals surface area contributed by atoms with E-state index in [9.17, 15) is 18.4 Å². The number of aromatic nitrogens is 1. The number of aliphatic carboxylic acids is 1. The number of urea groups is 1. The van der Waals surface area contributed by atoms with Gasteiger partial charge in [0.25, 0.3) is 0 Å². The Morgan fingerprint density at radius 1 is 1.46 bits per heavy atom. The normalized spacial score (nSPS) is 19.1. The van der Waals surface area contributed by atoms with Crippen LogP contribution in [0.25, 0.3) is 0 Å². The van der Waals surface area contributed by atoms with Crippen LogP contribution in [0.4, 0.5) is 13.6 Å². The van der Waals surface area contributed by atoms with Crippen molar-refractivity contribution in [2.75, 3.05) is 13.1 Å². The first kappa shape index (κ1) is 19.8. The molecule has 0 spiro atoms. The summed E-state index contributed by atoms with van der Waals surface area (Å²) in [5.41, 5.74) is 0.580. The molecular formula is C16H22F2N4O4. The molecule has 0 atom stereocenters. The molecule has 1 aromatic rings. The zero-order valence-corrected chi connectivity index (χ0v) is 14.3. The fourth-order valence-electron chi connectivity index (χ4n) is 2.81. The molecule has 3 N–H and O–H groups in total. The molecule has 26 heavy (non-hydrogen) atoms. The first-order valence-electron chi connectivity index (χ1n) is 8.27. The number of alkyl halides is 2. The lowest BCUT2D eigenvalue weighted by atomic mass is 9.85. The Morgan fingerprint density at radius 2 is 2.19 bits per heavy atom. The lowest BCUT2D eigenvalue weighted by Crippen LogP contribution is -2.56. The third-order valence-electron chi connectivity index (χ3n) is 4.17. The molecule has 2 amide bonds. The van der Waals surface area contributed by atoms with E-state index in [1.807, 2.05) is 11.8 Å². The van der Waals surface area contributed by atoms with Crippen LogP contribution < -0.4 is 15.4 Å². The number of ether oxygens (including phenoxy) is 1. The van der Waals surface area contributed by atoms with E-state index < -0.39 is 12.6 Å². The number of hydrogen-bond acceptors (Lipinski definition) is 5. The van der Waals surface area contributed by atoms with E-state index in [1.54, 1.807) is 6.07 Å². The summed E-state index contributed by atoms with van der Waals surface area (Å²) in [5, 5.41) is 14.3. The number of carbonyl (C=O) groups excluding carboxylic acids is 1. The van der Waals surface area contributed by atoms with Gasteiger partial charge in [-0.3, -0.25) is 9.69 Å². The molecule has 0 aromatic carbocycles. The number of carboxylic acids is 1. The summed E-state index contributed by atoms with van der Waals surface area (Å²) in [5.74, 6) is -1.08. The van der Waals surface area contributed by atoms with Crippen molar-refractivity contribution in [3.63, 3.8) is 0 Å². The third kappa shape index (κ3) is 6.10. The van der Waals surface area contributed by atoms with Crippen LogP contribution in [0.1, 0.15) is 25.3 Å². The summed E-state index contributed by atoms with van der Waals surface area (Å²) in [6.45, 7) is -0.280. The zero-order valence-electron chi connectivity index (χ0n) is 14.3. The molecule has 1 aliphatic rings. The van der Waals surface area contributed by atoms with Crippen LogP contribution in [0.15, 0.2) is 18.3 Å². The molecule has 1 aliphatic carbocycles. The largest absolute Gasteiger partial charge is 0.480 e. The minimum Gasteiger partial charge on any atom is -0.480 e.